The molecule has 0 radical (unpaired) electrons. The number of carbonyl (C=O) groups excluding carboxylic acids is 1. The maximum absolute atomic E-state index is 13.1. The molecule has 6 nitrogen and oxygen atoms in total. The average Bonchev–Trinajstić information content (AvgIpc) is 3.29. The molecule has 0 saturated heterocycles. The van der Waals surface area contributed by atoms with E-state index in [1.54, 1.807) is 13.2 Å². The van der Waals surface area contributed by atoms with E-state index in [9.17, 15) is 4.79 Å². The summed E-state index contributed by atoms with van der Waals surface area (Å²) in [5.41, 5.74) is 8.61. The molecule has 0 saturated carbocycles. The molecule has 0 heterocycles. The second-order valence-corrected chi connectivity index (χ2v) is 15.2. The van der Waals surface area contributed by atoms with E-state index in [4.69, 9.17) is 14.2 Å². The largest absolute Gasteiger partial charge is 0.497 e. The zero-order valence-electron chi connectivity index (χ0n) is 37.3. The van der Waals surface area contributed by atoms with Crippen LogP contribution in [0, 0.1) is 5.41 Å². The molecule has 6 heteroatoms. The van der Waals surface area contributed by atoms with Gasteiger partial charge in [-0.1, -0.05) is 137 Å². The maximum atomic E-state index is 13.1. The molecule has 0 aliphatic rings. The van der Waals surface area contributed by atoms with Gasteiger partial charge in [-0.15, -0.1) is 0 Å². The topological polar surface area (TPSA) is 51.2 Å². The van der Waals surface area contributed by atoms with E-state index in [2.05, 4.69) is 130 Å². The summed E-state index contributed by atoms with van der Waals surface area (Å²) in [6.07, 6.45) is 23.9. The highest BCUT2D eigenvalue weighted by Gasteiger charge is 2.23. The van der Waals surface area contributed by atoms with Crippen LogP contribution in [0.1, 0.15) is 66.7 Å². The van der Waals surface area contributed by atoms with Crippen molar-refractivity contribution in [1.29, 1.82) is 0 Å². The number of para-hydroxylation sites is 1. The molecule has 0 spiro atoms. The van der Waals surface area contributed by atoms with Crippen LogP contribution in [0.3, 0.4) is 0 Å². The average molecular weight is 819 g/mol. The van der Waals surface area contributed by atoms with Gasteiger partial charge < -0.3 is 24.0 Å². The number of methoxy groups -OCH3 is 1. The molecule has 0 unspecified atom stereocenters. The van der Waals surface area contributed by atoms with Crippen LogP contribution >= 0.6 is 0 Å². The van der Waals surface area contributed by atoms with Crippen molar-refractivity contribution in [3.63, 3.8) is 0 Å². The van der Waals surface area contributed by atoms with Crippen LogP contribution in [0.5, 0.6) is 5.75 Å². The molecule has 0 aliphatic heterocycles. The highest BCUT2D eigenvalue weighted by molar-refractivity contribution is 5.75. The number of anilines is 4. The number of allylic oxidation sites excluding steroid dienone is 9. The van der Waals surface area contributed by atoms with Crippen molar-refractivity contribution in [1.82, 2.24) is 0 Å². The summed E-state index contributed by atoms with van der Waals surface area (Å²) in [6, 6.07) is 35.4. The molecule has 0 fully saturated rings. The second kappa shape index (κ2) is 25.5. The number of ether oxygens (including phenoxy) is 3. The van der Waals surface area contributed by atoms with Crippen molar-refractivity contribution in [2.45, 2.75) is 72.8 Å². The third-order valence-electron chi connectivity index (χ3n) is 11.1. The Balaban J connectivity index is 1.46. The molecule has 320 valence electrons. The minimum atomic E-state index is -0.295. The maximum Gasteiger partial charge on any atom is 0.310 e. The van der Waals surface area contributed by atoms with Gasteiger partial charge in [0, 0.05) is 47.7 Å². The number of esters is 1. The quantitative estimate of drug-likeness (QED) is 0.0287. The smallest absolute Gasteiger partial charge is 0.310 e. The van der Waals surface area contributed by atoms with Crippen molar-refractivity contribution in [3.8, 4) is 16.9 Å². The summed E-state index contributed by atoms with van der Waals surface area (Å²) in [6.45, 7) is 20.2. The molecule has 0 aliphatic carbocycles. The van der Waals surface area contributed by atoms with Gasteiger partial charge in [0.1, 0.15) is 12.4 Å². The third-order valence-corrected chi connectivity index (χ3v) is 11.1. The minimum Gasteiger partial charge on any atom is -0.497 e. The molecule has 4 rings (SSSR count). The Labute approximate surface area is 366 Å². The van der Waals surface area contributed by atoms with Crippen molar-refractivity contribution in [3.05, 3.63) is 188 Å². The monoisotopic (exact) mass is 819 g/mol. The first-order chi connectivity index (χ1) is 29.7. The van der Waals surface area contributed by atoms with Gasteiger partial charge in [-0.3, -0.25) is 4.79 Å². The van der Waals surface area contributed by atoms with E-state index in [0.29, 0.717) is 13.2 Å². The van der Waals surface area contributed by atoms with E-state index >= 15 is 0 Å². The summed E-state index contributed by atoms with van der Waals surface area (Å²) >= 11 is 0. The van der Waals surface area contributed by atoms with Gasteiger partial charge in [0.2, 0.25) is 0 Å². The third kappa shape index (κ3) is 14.8. The normalized spacial score (nSPS) is 12.7. The number of rotatable bonds is 25. The Bertz CT molecular complexity index is 2110. The van der Waals surface area contributed by atoms with E-state index in [0.717, 1.165) is 70.9 Å². The molecule has 0 N–H and O–H groups in total. The first-order valence-electron chi connectivity index (χ1n) is 21.5. The van der Waals surface area contributed by atoms with E-state index in [1.165, 1.54) is 5.57 Å². The van der Waals surface area contributed by atoms with Crippen LogP contribution in [-0.4, -0.2) is 38.9 Å². The van der Waals surface area contributed by atoms with E-state index in [1.807, 2.05) is 85.9 Å². The molecular weight excluding hydrogens is 753 g/mol. The molecule has 0 amide bonds. The Morgan fingerprint density at radius 2 is 1.41 bits per heavy atom. The van der Waals surface area contributed by atoms with Gasteiger partial charge in [0.05, 0.1) is 20.1 Å². The first kappa shape index (κ1) is 47.6. The van der Waals surface area contributed by atoms with E-state index < -0.39 is 0 Å². The first-order valence-corrected chi connectivity index (χ1v) is 21.5. The molecule has 0 aromatic heterocycles. The summed E-state index contributed by atoms with van der Waals surface area (Å²) < 4.78 is 16.9. The van der Waals surface area contributed by atoms with Crippen LogP contribution in [0.4, 0.5) is 22.7 Å². The molecule has 61 heavy (non-hydrogen) atoms. The van der Waals surface area contributed by atoms with Crippen LogP contribution in [0.15, 0.2) is 188 Å². The highest BCUT2D eigenvalue weighted by Crippen LogP contribution is 2.36. The molecule has 4 aromatic rings. The number of nitrogens with zero attached hydrogens (tertiary/aromatic N) is 2. The molecule has 0 bridgehead atoms. The summed E-state index contributed by atoms with van der Waals surface area (Å²) in [5.74, 6) is 0.502. The van der Waals surface area contributed by atoms with Crippen LogP contribution in [-0.2, 0) is 14.3 Å². The number of benzene rings is 4. The summed E-state index contributed by atoms with van der Waals surface area (Å²) in [5, 5.41) is 0. The fourth-order valence-corrected chi connectivity index (χ4v) is 7.02. The SMILES string of the molecule is C=C/C=C\C(=C/[C@H](C)N(c1ccccc1)c1ccc(-c2ccc(N(/C=C/C=C\C=C/C)c3cccc(OC)c3)cc2)cc1)CC(=O)OCCOCCCC(=C)C(C)(CC)CC. The Hall–Kier alpha value is -6.11. The lowest BCUT2D eigenvalue weighted by atomic mass is 9.76. The Morgan fingerprint density at radius 1 is 0.770 bits per heavy atom. The predicted molar refractivity (Wildman–Crippen MR) is 259 cm³/mol. The van der Waals surface area contributed by atoms with Crippen molar-refractivity contribution in [2.24, 2.45) is 5.41 Å². The van der Waals surface area contributed by atoms with Crippen molar-refractivity contribution >= 4 is 28.7 Å². The van der Waals surface area contributed by atoms with Crippen LogP contribution in [0.25, 0.3) is 11.1 Å². The van der Waals surface area contributed by atoms with Gasteiger partial charge in [-0.05, 0) is 116 Å². The van der Waals surface area contributed by atoms with Gasteiger partial charge in [0.15, 0.2) is 0 Å². The van der Waals surface area contributed by atoms with Crippen LogP contribution < -0.4 is 14.5 Å². The molecule has 1 atom stereocenters. The predicted octanol–water partition coefficient (Wildman–Crippen LogP) is 14.5. The van der Waals surface area contributed by atoms with Gasteiger partial charge in [-0.25, -0.2) is 0 Å². The second-order valence-electron chi connectivity index (χ2n) is 15.2. The van der Waals surface area contributed by atoms with Crippen molar-refractivity contribution < 1.29 is 19.0 Å². The Morgan fingerprint density at radius 3 is 2.05 bits per heavy atom. The van der Waals surface area contributed by atoms with Gasteiger partial charge in [0.25, 0.3) is 0 Å². The van der Waals surface area contributed by atoms with Gasteiger partial charge in [-0.2, -0.15) is 0 Å². The summed E-state index contributed by atoms with van der Waals surface area (Å²) in [4.78, 5) is 17.5. The zero-order valence-corrected chi connectivity index (χ0v) is 37.3. The zero-order chi connectivity index (χ0) is 43.9. The fraction of sp³-hybridized carbons (Fsp3) is 0.291. The molecule has 4 aromatic carbocycles. The minimum absolute atomic E-state index is 0.103. The number of hydrogen-bond donors (Lipinski definition) is 0. The Kier molecular flexibility index (Phi) is 19.9. The van der Waals surface area contributed by atoms with Gasteiger partial charge >= 0.3 is 5.97 Å². The summed E-state index contributed by atoms with van der Waals surface area (Å²) in [7, 11) is 1.68. The fourth-order valence-electron chi connectivity index (χ4n) is 7.02. The van der Waals surface area contributed by atoms with E-state index in [-0.39, 0.29) is 30.5 Å². The lowest BCUT2D eigenvalue weighted by molar-refractivity contribution is -0.144. The number of hydrogen-bond acceptors (Lipinski definition) is 6. The lowest BCUT2D eigenvalue weighted by Crippen LogP contribution is -2.27. The lowest BCUT2D eigenvalue weighted by Gasteiger charge is -2.30. The van der Waals surface area contributed by atoms with Crippen LogP contribution in [0.2, 0.25) is 0 Å². The molecular formula is C55H66N2O4. The number of carbonyl (C=O) groups is 1. The van der Waals surface area contributed by atoms with Crippen molar-refractivity contribution in [2.75, 3.05) is 36.7 Å². The highest BCUT2D eigenvalue weighted by atomic mass is 16.6. The standard InChI is InChI=1S/C55H66N2O4/c1-9-13-15-16-20-37-56(52-27-21-28-53(43-52)59-8)49-33-29-47(30-34-49)48-31-35-51(36-32-48)57(50-25-18-17-19-26-50)45(6)41-46(24-14-10-2)42-54(58)61-40-39-60-38-22-23-44(5)55(7,11-3)12-4/h9-10,13-21,24-37,41,43,45H,2,5,11-12,22-23,38-40,42H2,1,3-4,6-8H3/b13-9-,16-15-,24-14-,37-20+,46-41+/t45-/m0/s1.